The van der Waals surface area contributed by atoms with Crippen molar-refractivity contribution in [3.63, 3.8) is 0 Å². The zero-order chi connectivity index (χ0) is 10.6. The van der Waals surface area contributed by atoms with E-state index in [0.717, 1.165) is 11.3 Å². The number of amides is 1. The molecule has 0 fully saturated rings. The summed E-state index contributed by atoms with van der Waals surface area (Å²) in [4.78, 5) is 11.2. The van der Waals surface area contributed by atoms with Gasteiger partial charge in [0.1, 0.15) is 0 Å². The van der Waals surface area contributed by atoms with Gasteiger partial charge in [0.2, 0.25) is 5.91 Å². The van der Waals surface area contributed by atoms with Gasteiger partial charge in [-0.2, -0.15) is 0 Å². The van der Waals surface area contributed by atoms with E-state index < -0.39 is 0 Å². The van der Waals surface area contributed by atoms with Gasteiger partial charge < -0.3 is 5.32 Å². The number of halogens is 2. The molecule has 2 nitrogen and oxygen atoms in total. The summed E-state index contributed by atoms with van der Waals surface area (Å²) in [5.41, 5.74) is 1.73. The van der Waals surface area contributed by atoms with Crippen LogP contribution in [0, 0.1) is 6.92 Å². The summed E-state index contributed by atoms with van der Waals surface area (Å²) in [6.07, 6.45) is 0.313. The molecule has 0 aromatic heterocycles. The molecule has 0 saturated heterocycles. The molecule has 0 unspecified atom stereocenters. The normalized spacial score (nSPS) is 9.93. The fourth-order valence-electron chi connectivity index (χ4n) is 1.03. The standard InChI is InChI=1S/C10H11Cl2NO/c1-7-2-3-8(12)6-9(7)13-10(14)4-5-11/h2-3,6H,4-5H2,1H3,(H,13,14). The van der Waals surface area contributed by atoms with Gasteiger partial charge in [0.15, 0.2) is 0 Å². The number of hydrogen-bond acceptors (Lipinski definition) is 1. The summed E-state index contributed by atoms with van der Waals surface area (Å²) in [5, 5.41) is 3.35. The maximum atomic E-state index is 11.2. The Kier molecular flexibility index (Phi) is 4.23. The van der Waals surface area contributed by atoms with E-state index in [1.807, 2.05) is 13.0 Å². The van der Waals surface area contributed by atoms with E-state index in [1.54, 1.807) is 12.1 Å². The largest absolute Gasteiger partial charge is 0.326 e. The van der Waals surface area contributed by atoms with Gasteiger partial charge in [-0.25, -0.2) is 0 Å². The van der Waals surface area contributed by atoms with Gasteiger partial charge in [-0.1, -0.05) is 17.7 Å². The maximum absolute atomic E-state index is 11.2. The van der Waals surface area contributed by atoms with E-state index in [-0.39, 0.29) is 5.91 Å². The van der Waals surface area contributed by atoms with Gasteiger partial charge >= 0.3 is 0 Å². The first-order chi connectivity index (χ1) is 6.63. The molecule has 4 heteroatoms. The van der Waals surface area contributed by atoms with Crippen LogP contribution in [0.1, 0.15) is 12.0 Å². The summed E-state index contributed by atoms with van der Waals surface area (Å²) in [7, 11) is 0. The lowest BCUT2D eigenvalue weighted by Crippen LogP contribution is -2.12. The SMILES string of the molecule is Cc1ccc(Cl)cc1NC(=O)CCCl. The number of aryl methyl sites for hydroxylation is 1. The molecule has 1 N–H and O–H groups in total. The Bertz CT molecular complexity index is 339. The molecule has 76 valence electrons. The average Bonchev–Trinajstić information content (AvgIpc) is 2.12. The molecular weight excluding hydrogens is 221 g/mol. The van der Waals surface area contributed by atoms with Gasteiger partial charge in [0, 0.05) is 23.0 Å². The Labute approximate surface area is 93.2 Å². The second-order valence-electron chi connectivity index (χ2n) is 2.95. The monoisotopic (exact) mass is 231 g/mol. The van der Waals surface area contributed by atoms with Crippen LogP contribution in [-0.2, 0) is 4.79 Å². The summed E-state index contributed by atoms with van der Waals surface area (Å²) in [6.45, 7) is 1.91. The Morgan fingerprint density at radius 1 is 1.50 bits per heavy atom. The molecule has 0 bridgehead atoms. The average molecular weight is 232 g/mol. The molecular formula is C10H11Cl2NO. The molecule has 1 rings (SSSR count). The van der Waals surface area contributed by atoms with E-state index in [2.05, 4.69) is 5.32 Å². The van der Waals surface area contributed by atoms with Crippen molar-refractivity contribution >= 4 is 34.8 Å². The van der Waals surface area contributed by atoms with Gasteiger partial charge in [-0.15, -0.1) is 11.6 Å². The molecule has 1 aromatic rings. The van der Waals surface area contributed by atoms with Crippen molar-refractivity contribution in [3.05, 3.63) is 28.8 Å². The van der Waals surface area contributed by atoms with Crippen molar-refractivity contribution in [2.75, 3.05) is 11.2 Å². The minimum Gasteiger partial charge on any atom is -0.326 e. The van der Waals surface area contributed by atoms with E-state index in [0.29, 0.717) is 17.3 Å². The summed E-state index contributed by atoms with van der Waals surface area (Å²) in [6, 6.07) is 5.37. The number of benzene rings is 1. The molecule has 0 heterocycles. The van der Waals surface area contributed by atoms with Crippen LogP contribution in [0.4, 0.5) is 5.69 Å². The lowest BCUT2D eigenvalue weighted by molar-refractivity contribution is -0.115. The molecule has 0 spiro atoms. The van der Waals surface area contributed by atoms with E-state index >= 15 is 0 Å². The zero-order valence-corrected chi connectivity index (χ0v) is 9.32. The van der Waals surface area contributed by atoms with Crippen molar-refractivity contribution in [2.24, 2.45) is 0 Å². The van der Waals surface area contributed by atoms with Crippen LogP contribution < -0.4 is 5.32 Å². The van der Waals surface area contributed by atoms with Crippen LogP contribution in [0.2, 0.25) is 5.02 Å². The van der Waals surface area contributed by atoms with Crippen molar-refractivity contribution in [3.8, 4) is 0 Å². The number of rotatable bonds is 3. The summed E-state index contributed by atoms with van der Waals surface area (Å²) < 4.78 is 0. The first-order valence-electron chi connectivity index (χ1n) is 4.25. The highest BCUT2D eigenvalue weighted by Crippen LogP contribution is 2.20. The lowest BCUT2D eigenvalue weighted by atomic mass is 10.2. The van der Waals surface area contributed by atoms with Crippen molar-refractivity contribution in [1.82, 2.24) is 0 Å². The number of carbonyl (C=O) groups is 1. The molecule has 0 atom stereocenters. The molecule has 1 amide bonds. The second-order valence-corrected chi connectivity index (χ2v) is 3.76. The van der Waals surface area contributed by atoms with Crippen LogP contribution in [0.5, 0.6) is 0 Å². The number of alkyl halides is 1. The first-order valence-corrected chi connectivity index (χ1v) is 5.16. The van der Waals surface area contributed by atoms with Gasteiger partial charge in [0.25, 0.3) is 0 Å². The molecule has 0 aliphatic heterocycles. The van der Waals surface area contributed by atoms with Crippen LogP contribution in [0.3, 0.4) is 0 Å². The number of anilines is 1. The van der Waals surface area contributed by atoms with Crippen molar-refractivity contribution in [1.29, 1.82) is 0 Å². The third-order valence-electron chi connectivity index (χ3n) is 1.80. The van der Waals surface area contributed by atoms with Crippen LogP contribution in [0.25, 0.3) is 0 Å². The molecule has 0 aliphatic carbocycles. The Morgan fingerprint density at radius 3 is 2.86 bits per heavy atom. The fraction of sp³-hybridized carbons (Fsp3) is 0.300. The molecule has 0 aliphatic rings. The molecule has 0 saturated carbocycles. The first kappa shape index (κ1) is 11.3. The quantitative estimate of drug-likeness (QED) is 0.796. The lowest BCUT2D eigenvalue weighted by Gasteiger charge is -2.07. The Hall–Kier alpha value is -0.730. The smallest absolute Gasteiger partial charge is 0.225 e. The molecule has 0 radical (unpaired) electrons. The Balaban J connectivity index is 2.75. The number of nitrogens with one attached hydrogen (secondary N) is 1. The van der Waals surface area contributed by atoms with Crippen LogP contribution >= 0.6 is 23.2 Å². The topological polar surface area (TPSA) is 29.1 Å². The van der Waals surface area contributed by atoms with Crippen molar-refractivity contribution in [2.45, 2.75) is 13.3 Å². The van der Waals surface area contributed by atoms with Gasteiger partial charge in [0.05, 0.1) is 0 Å². The highest BCUT2D eigenvalue weighted by molar-refractivity contribution is 6.31. The second kappa shape index (κ2) is 5.23. The highest BCUT2D eigenvalue weighted by Gasteiger charge is 2.04. The van der Waals surface area contributed by atoms with Crippen molar-refractivity contribution < 1.29 is 4.79 Å². The summed E-state index contributed by atoms with van der Waals surface area (Å²) in [5.74, 6) is 0.233. The van der Waals surface area contributed by atoms with E-state index in [9.17, 15) is 4.79 Å². The van der Waals surface area contributed by atoms with E-state index in [1.165, 1.54) is 0 Å². The number of hydrogen-bond donors (Lipinski definition) is 1. The zero-order valence-electron chi connectivity index (χ0n) is 7.81. The summed E-state index contributed by atoms with van der Waals surface area (Å²) >= 11 is 11.2. The van der Waals surface area contributed by atoms with E-state index in [4.69, 9.17) is 23.2 Å². The molecule has 14 heavy (non-hydrogen) atoms. The minimum atomic E-state index is -0.0923. The van der Waals surface area contributed by atoms with Gasteiger partial charge in [-0.3, -0.25) is 4.79 Å². The fourth-order valence-corrected chi connectivity index (χ4v) is 1.37. The maximum Gasteiger partial charge on any atom is 0.225 e. The minimum absolute atomic E-state index is 0.0923. The number of carbonyl (C=O) groups excluding carboxylic acids is 1. The molecule has 1 aromatic carbocycles. The van der Waals surface area contributed by atoms with Crippen LogP contribution in [-0.4, -0.2) is 11.8 Å². The Morgan fingerprint density at radius 2 is 2.21 bits per heavy atom. The third kappa shape index (κ3) is 3.20. The van der Waals surface area contributed by atoms with Gasteiger partial charge in [-0.05, 0) is 24.6 Å². The predicted molar refractivity (Wildman–Crippen MR) is 60.2 cm³/mol. The third-order valence-corrected chi connectivity index (χ3v) is 2.22. The van der Waals surface area contributed by atoms with Crippen LogP contribution in [0.15, 0.2) is 18.2 Å². The highest BCUT2D eigenvalue weighted by atomic mass is 35.5. The predicted octanol–water partition coefficient (Wildman–Crippen LogP) is 3.22.